The Bertz CT molecular complexity index is 461. The molecular formula is C19H33N3O3. The molecule has 1 saturated carbocycles. The topological polar surface area (TPSA) is 65.0 Å². The number of aliphatic hydroxyl groups excluding tert-OH is 1. The van der Waals surface area contributed by atoms with Gasteiger partial charge in [-0.05, 0) is 51.0 Å². The van der Waals surface area contributed by atoms with Crippen molar-refractivity contribution in [3.63, 3.8) is 0 Å². The molecule has 4 aliphatic rings. The van der Waals surface area contributed by atoms with E-state index in [4.69, 9.17) is 4.74 Å². The van der Waals surface area contributed by atoms with Gasteiger partial charge in [0.15, 0.2) is 0 Å². The maximum Gasteiger partial charge on any atom is 0.306 e. The second kappa shape index (κ2) is 7.91. The SMILES string of the molecule is O=C1CC(CN2CCN(C3CCCCN3)CC2)C2CC(O)CCC2O1. The number of hydrogen-bond acceptors (Lipinski definition) is 6. The number of esters is 1. The largest absolute Gasteiger partial charge is 0.462 e. The number of nitrogens with zero attached hydrogens (tertiary/aromatic N) is 2. The van der Waals surface area contributed by atoms with Crippen LogP contribution in [0.5, 0.6) is 0 Å². The third kappa shape index (κ3) is 4.18. The van der Waals surface area contributed by atoms with Crippen LogP contribution in [0.4, 0.5) is 0 Å². The van der Waals surface area contributed by atoms with Crippen LogP contribution in [0.15, 0.2) is 0 Å². The van der Waals surface area contributed by atoms with Crippen LogP contribution in [-0.2, 0) is 9.53 Å². The van der Waals surface area contributed by atoms with Gasteiger partial charge < -0.3 is 20.1 Å². The van der Waals surface area contributed by atoms with Crippen LogP contribution in [0.1, 0.15) is 44.9 Å². The van der Waals surface area contributed by atoms with E-state index in [9.17, 15) is 9.90 Å². The summed E-state index contributed by atoms with van der Waals surface area (Å²) in [6.07, 6.45) is 7.25. The van der Waals surface area contributed by atoms with Crippen molar-refractivity contribution in [2.24, 2.45) is 11.8 Å². The van der Waals surface area contributed by atoms with Gasteiger partial charge in [0.1, 0.15) is 6.10 Å². The molecular weight excluding hydrogens is 318 g/mol. The molecule has 5 unspecified atom stereocenters. The number of fused-ring (bicyclic) bond motifs is 1. The zero-order chi connectivity index (χ0) is 17.2. The molecule has 25 heavy (non-hydrogen) atoms. The number of ether oxygens (including phenoxy) is 1. The monoisotopic (exact) mass is 351 g/mol. The van der Waals surface area contributed by atoms with Crippen molar-refractivity contribution in [2.45, 2.75) is 63.3 Å². The van der Waals surface area contributed by atoms with E-state index in [1.54, 1.807) is 0 Å². The van der Waals surface area contributed by atoms with Crippen LogP contribution in [-0.4, -0.2) is 78.5 Å². The summed E-state index contributed by atoms with van der Waals surface area (Å²) in [5, 5.41) is 13.7. The minimum atomic E-state index is -0.213. The van der Waals surface area contributed by atoms with Crippen molar-refractivity contribution < 1.29 is 14.6 Å². The number of piperidine rings is 1. The van der Waals surface area contributed by atoms with Gasteiger partial charge in [-0.1, -0.05) is 0 Å². The minimum Gasteiger partial charge on any atom is -0.462 e. The van der Waals surface area contributed by atoms with E-state index in [0.717, 1.165) is 58.5 Å². The predicted octanol–water partition coefficient (Wildman–Crippen LogP) is 0.796. The first-order chi connectivity index (χ1) is 12.2. The van der Waals surface area contributed by atoms with Gasteiger partial charge >= 0.3 is 5.97 Å². The van der Waals surface area contributed by atoms with E-state index < -0.39 is 0 Å². The Kier molecular flexibility index (Phi) is 5.60. The summed E-state index contributed by atoms with van der Waals surface area (Å²) in [6, 6.07) is 0. The minimum absolute atomic E-state index is 0.0346. The Morgan fingerprint density at radius 1 is 1.12 bits per heavy atom. The lowest BCUT2D eigenvalue weighted by Crippen LogP contribution is -2.57. The summed E-state index contributed by atoms with van der Waals surface area (Å²) in [5.74, 6) is 0.660. The molecule has 1 aliphatic carbocycles. The van der Waals surface area contributed by atoms with Crippen molar-refractivity contribution in [3.8, 4) is 0 Å². The van der Waals surface area contributed by atoms with Crippen LogP contribution in [0, 0.1) is 11.8 Å². The highest BCUT2D eigenvalue weighted by atomic mass is 16.5. The lowest BCUT2D eigenvalue weighted by atomic mass is 9.73. The van der Waals surface area contributed by atoms with Crippen molar-refractivity contribution >= 4 is 5.97 Å². The van der Waals surface area contributed by atoms with E-state index in [-0.39, 0.29) is 18.2 Å². The number of piperazine rings is 1. The number of hydrogen-bond donors (Lipinski definition) is 2. The molecule has 142 valence electrons. The normalized spacial score (nSPS) is 41.2. The predicted molar refractivity (Wildman–Crippen MR) is 95.0 cm³/mol. The number of aliphatic hydroxyl groups is 1. The molecule has 0 radical (unpaired) electrons. The molecule has 0 spiro atoms. The molecule has 3 saturated heterocycles. The zero-order valence-corrected chi connectivity index (χ0v) is 15.2. The Morgan fingerprint density at radius 2 is 1.96 bits per heavy atom. The summed E-state index contributed by atoms with van der Waals surface area (Å²) in [4.78, 5) is 17.1. The molecule has 3 heterocycles. The average Bonchev–Trinajstić information content (AvgIpc) is 2.64. The van der Waals surface area contributed by atoms with E-state index in [2.05, 4.69) is 15.1 Å². The maximum atomic E-state index is 12.0. The van der Waals surface area contributed by atoms with Gasteiger partial charge in [-0.2, -0.15) is 0 Å². The number of carbonyl (C=O) groups excluding carboxylic acids is 1. The van der Waals surface area contributed by atoms with Gasteiger partial charge in [0.25, 0.3) is 0 Å². The molecule has 0 amide bonds. The lowest BCUT2D eigenvalue weighted by molar-refractivity contribution is -0.170. The Hall–Kier alpha value is -0.690. The quantitative estimate of drug-likeness (QED) is 0.733. The second-order valence-electron chi connectivity index (χ2n) is 8.43. The number of rotatable bonds is 3. The van der Waals surface area contributed by atoms with Crippen LogP contribution in [0.2, 0.25) is 0 Å². The fraction of sp³-hybridized carbons (Fsp3) is 0.947. The van der Waals surface area contributed by atoms with Crippen LogP contribution in [0.25, 0.3) is 0 Å². The highest BCUT2D eigenvalue weighted by Crippen LogP contribution is 2.38. The summed E-state index contributed by atoms with van der Waals surface area (Å²) >= 11 is 0. The molecule has 5 atom stereocenters. The van der Waals surface area contributed by atoms with Crippen molar-refractivity contribution in [3.05, 3.63) is 0 Å². The zero-order valence-electron chi connectivity index (χ0n) is 15.2. The first-order valence-electron chi connectivity index (χ1n) is 10.3. The van der Waals surface area contributed by atoms with Gasteiger partial charge in [0, 0.05) is 45.1 Å². The summed E-state index contributed by atoms with van der Waals surface area (Å²) < 4.78 is 5.57. The van der Waals surface area contributed by atoms with Crippen LogP contribution >= 0.6 is 0 Å². The molecule has 4 rings (SSSR count). The van der Waals surface area contributed by atoms with E-state index in [1.807, 2.05) is 0 Å². The molecule has 0 aromatic heterocycles. The molecule has 4 fully saturated rings. The average molecular weight is 351 g/mol. The fourth-order valence-electron chi connectivity index (χ4n) is 5.31. The molecule has 2 N–H and O–H groups in total. The van der Waals surface area contributed by atoms with Crippen molar-refractivity contribution in [1.29, 1.82) is 0 Å². The highest BCUT2D eigenvalue weighted by molar-refractivity contribution is 5.70. The molecule has 0 aromatic rings. The number of carbonyl (C=O) groups is 1. The molecule has 6 nitrogen and oxygen atoms in total. The molecule has 3 aliphatic heterocycles. The van der Waals surface area contributed by atoms with Crippen LogP contribution in [0.3, 0.4) is 0 Å². The van der Waals surface area contributed by atoms with Gasteiger partial charge in [0.05, 0.1) is 12.3 Å². The van der Waals surface area contributed by atoms with E-state index in [1.165, 1.54) is 19.3 Å². The third-order valence-electron chi connectivity index (χ3n) is 6.75. The third-order valence-corrected chi connectivity index (χ3v) is 6.75. The first-order valence-corrected chi connectivity index (χ1v) is 10.3. The van der Waals surface area contributed by atoms with Crippen molar-refractivity contribution in [2.75, 3.05) is 39.3 Å². The lowest BCUT2D eigenvalue weighted by Gasteiger charge is -2.45. The summed E-state index contributed by atoms with van der Waals surface area (Å²) in [5.41, 5.74) is 0. The Balaban J connectivity index is 1.30. The van der Waals surface area contributed by atoms with Gasteiger partial charge in [-0.15, -0.1) is 0 Å². The maximum absolute atomic E-state index is 12.0. The van der Waals surface area contributed by atoms with E-state index in [0.29, 0.717) is 24.4 Å². The van der Waals surface area contributed by atoms with Crippen molar-refractivity contribution in [1.82, 2.24) is 15.1 Å². The van der Waals surface area contributed by atoms with Gasteiger partial charge in [0.2, 0.25) is 0 Å². The van der Waals surface area contributed by atoms with E-state index >= 15 is 0 Å². The number of nitrogens with one attached hydrogen (secondary N) is 1. The highest BCUT2D eigenvalue weighted by Gasteiger charge is 2.42. The summed E-state index contributed by atoms with van der Waals surface area (Å²) in [7, 11) is 0. The summed E-state index contributed by atoms with van der Waals surface area (Å²) in [6.45, 7) is 6.54. The molecule has 0 bridgehead atoms. The van der Waals surface area contributed by atoms with Gasteiger partial charge in [-0.25, -0.2) is 0 Å². The second-order valence-corrected chi connectivity index (χ2v) is 8.43. The Morgan fingerprint density at radius 3 is 2.72 bits per heavy atom. The molecule has 0 aromatic carbocycles. The molecule has 6 heteroatoms. The Labute approximate surface area is 150 Å². The standard InChI is InChI=1S/C19H33N3O3/c23-15-4-5-17-16(12-15)14(11-19(24)25-17)13-21-7-9-22(10-8-21)18-3-1-2-6-20-18/h14-18,20,23H,1-13H2. The smallest absolute Gasteiger partial charge is 0.306 e. The van der Waals surface area contributed by atoms with Gasteiger partial charge in [-0.3, -0.25) is 9.69 Å². The first kappa shape index (κ1) is 17.7. The fourth-order valence-corrected chi connectivity index (χ4v) is 5.31. The van der Waals surface area contributed by atoms with Crippen LogP contribution < -0.4 is 5.32 Å².